The predicted octanol–water partition coefficient (Wildman–Crippen LogP) is 2.54. The number of rotatable bonds is 6. The number of benzene rings is 1. The molecule has 1 aromatic carbocycles. The van der Waals surface area contributed by atoms with Crippen LogP contribution >= 0.6 is 0 Å². The third-order valence-corrected chi connectivity index (χ3v) is 4.61. The van der Waals surface area contributed by atoms with Crippen LogP contribution in [-0.2, 0) is 6.54 Å². The fourth-order valence-electron chi connectivity index (χ4n) is 3.02. The van der Waals surface area contributed by atoms with Gasteiger partial charge in [0.05, 0.1) is 11.4 Å². The van der Waals surface area contributed by atoms with Crippen molar-refractivity contribution in [2.75, 3.05) is 19.0 Å². The highest BCUT2D eigenvalue weighted by atomic mass is 16.2. The molecule has 1 amide bonds. The lowest BCUT2D eigenvalue weighted by atomic mass is 10.2. The minimum Gasteiger partial charge on any atom is -0.363 e. The summed E-state index contributed by atoms with van der Waals surface area (Å²) in [5.74, 6) is 1.01. The van der Waals surface area contributed by atoms with Crippen LogP contribution in [0.2, 0.25) is 0 Å². The fraction of sp³-hybridized carbons (Fsp3) is 0.300. The van der Waals surface area contributed by atoms with Gasteiger partial charge in [-0.25, -0.2) is 9.67 Å². The molecule has 1 saturated carbocycles. The summed E-state index contributed by atoms with van der Waals surface area (Å²) >= 11 is 0. The summed E-state index contributed by atoms with van der Waals surface area (Å²) < 4.78 is 1.79. The van der Waals surface area contributed by atoms with E-state index in [4.69, 9.17) is 0 Å². The second-order valence-corrected chi connectivity index (χ2v) is 6.94. The van der Waals surface area contributed by atoms with E-state index in [0.717, 1.165) is 35.6 Å². The highest BCUT2D eigenvalue weighted by Gasteiger charge is 2.34. The molecule has 1 aliphatic carbocycles. The lowest BCUT2D eigenvalue weighted by Crippen LogP contribution is -2.24. The third kappa shape index (κ3) is 3.67. The summed E-state index contributed by atoms with van der Waals surface area (Å²) in [6.45, 7) is 0.421. The van der Waals surface area contributed by atoms with Gasteiger partial charge in [-0.3, -0.25) is 4.79 Å². The largest absolute Gasteiger partial charge is 0.363 e. The summed E-state index contributed by atoms with van der Waals surface area (Å²) in [6.07, 6.45) is 3.88. The quantitative estimate of drug-likeness (QED) is 0.729. The zero-order chi connectivity index (χ0) is 18.8. The first-order valence-electron chi connectivity index (χ1n) is 9.05. The molecule has 4 rings (SSSR count). The number of aromatic nitrogens is 4. The number of carbonyl (C=O) groups excluding carboxylic acids is 1. The van der Waals surface area contributed by atoms with E-state index in [2.05, 4.69) is 20.6 Å². The molecule has 0 radical (unpaired) electrons. The highest BCUT2D eigenvalue weighted by Crippen LogP contribution is 2.41. The first-order chi connectivity index (χ1) is 13.1. The topological polar surface area (TPSA) is 75.9 Å². The van der Waals surface area contributed by atoms with Crippen molar-refractivity contribution >= 4 is 11.7 Å². The number of anilines is 1. The predicted molar refractivity (Wildman–Crippen MR) is 103 cm³/mol. The molecule has 1 N–H and O–H groups in total. The molecule has 0 unspecified atom stereocenters. The number of carbonyl (C=O) groups is 1. The first-order valence-corrected chi connectivity index (χ1v) is 9.05. The van der Waals surface area contributed by atoms with E-state index in [-0.39, 0.29) is 5.91 Å². The minimum absolute atomic E-state index is 0.192. The standard InChI is InChI=1S/C20H22N6O/c1-25(2)17-12-14(10-11-21-17)13-22-20(27)18-19(15-8-9-15)26(24-23-18)16-6-4-3-5-7-16/h3-7,10-12,15H,8-9,13H2,1-2H3,(H,22,27). The average Bonchev–Trinajstić information content (AvgIpc) is 3.44. The number of nitrogens with one attached hydrogen (secondary N) is 1. The van der Waals surface area contributed by atoms with Crippen LogP contribution in [-0.4, -0.2) is 40.0 Å². The van der Waals surface area contributed by atoms with Crippen LogP contribution in [0.4, 0.5) is 5.82 Å². The molecule has 0 saturated heterocycles. The number of nitrogens with zero attached hydrogens (tertiary/aromatic N) is 5. The van der Waals surface area contributed by atoms with E-state index in [1.165, 1.54) is 0 Å². The van der Waals surface area contributed by atoms with Gasteiger partial charge in [0.1, 0.15) is 5.82 Å². The van der Waals surface area contributed by atoms with E-state index in [1.807, 2.05) is 61.5 Å². The molecule has 0 aliphatic heterocycles. The second-order valence-electron chi connectivity index (χ2n) is 6.94. The van der Waals surface area contributed by atoms with Crippen LogP contribution in [0.5, 0.6) is 0 Å². The van der Waals surface area contributed by atoms with Crippen LogP contribution in [0.3, 0.4) is 0 Å². The molecular weight excluding hydrogens is 340 g/mol. The number of hydrogen-bond acceptors (Lipinski definition) is 5. The highest BCUT2D eigenvalue weighted by molar-refractivity contribution is 5.93. The Kier molecular flexibility index (Phi) is 4.58. The van der Waals surface area contributed by atoms with Gasteiger partial charge in [0, 0.05) is 32.8 Å². The van der Waals surface area contributed by atoms with Crippen molar-refractivity contribution in [2.24, 2.45) is 0 Å². The zero-order valence-corrected chi connectivity index (χ0v) is 15.5. The van der Waals surface area contributed by atoms with Crippen LogP contribution < -0.4 is 10.2 Å². The molecule has 7 heteroatoms. The van der Waals surface area contributed by atoms with Crippen LogP contribution in [0, 0.1) is 0 Å². The van der Waals surface area contributed by atoms with Gasteiger partial charge in [0.15, 0.2) is 5.69 Å². The summed E-state index contributed by atoms with van der Waals surface area (Å²) in [7, 11) is 3.88. The van der Waals surface area contributed by atoms with Crippen LogP contribution in [0.25, 0.3) is 5.69 Å². The van der Waals surface area contributed by atoms with Crippen molar-refractivity contribution in [3.05, 3.63) is 65.6 Å². The summed E-state index contributed by atoms with van der Waals surface area (Å²) in [5, 5.41) is 11.4. The van der Waals surface area contributed by atoms with Crippen molar-refractivity contribution in [3.63, 3.8) is 0 Å². The van der Waals surface area contributed by atoms with Crippen molar-refractivity contribution in [2.45, 2.75) is 25.3 Å². The molecule has 1 aliphatic rings. The zero-order valence-electron chi connectivity index (χ0n) is 15.5. The maximum Gasteiger partial charge on any atom is 0.274 e. The molecule has 27 heavy (non-hydrogen) atoms. The van der Waals surface area contributed by atoms with Gasteiger partial charge in [-0.05, 0) is 42.7 Å². The Labute approximate surface area is 158 Å². The van der Waals surface area contributed by atoms with E-state index < -0.39 is 0 Å². The van der Waals surface area contributed by atoms with Crippen LogP contribution in [0.15, 0.2) is 48.7 Å². The molecule has 2 aromatic heterocycles. The number of pyridine rings is 1. The van der Waals surface area contributed by atoms with Crippen LogP contribution in [0.1, 0.15) is 40.5 Å². The molecule has 0 atom stereocenters. The maximum atomic E-state index is 12.8. The van der Waals surface area contributed by atoms with Gasteiger partial charge in [-0.2, -0.15) is 0 Å². The molecule has 1 fully saturated rings. The van der Waals surface area contributed by atoms with Crippen molar-refractivity contribution in [3.8, 4) is 5.69 Å². The van der Waals surface area contributed by atoms with E-state index >= 15 is 0 Å². The number of para-hydroxylation sites is 1. The van der Waals surface area contributed by atoms with Gasteiger partial charge in [-0.15, -0.1) is 5.10 Å². The summed E-state index contributed by atoms with van der Waals surface area (Å²) in [6, 6.07) is 13.7. The Hall–Kier alpha value is -3.22. The maximum absolute atomic E-state index is 12.8. The van der Waals surface area contributed by atoms with Gasteiger partial charge >= 0.3 is 0 Å². The molecule has 138 valence electrons. The lowest BCUT2D eigenvalue weighted by Gasteiger charge is -2.12. The molecule has 2 heterocycles. The Balaban J connectivity index is 1.54. The summed E-state index contributed by atoms with van der Waals surface area (Å²) in [5.41, 5.74) is 3.24. The van der Waals surface area contributed by atoms with Gasteiger partial charge in [0.2, 0.25) is 0 Å². The number of amides is 1. The Morgan fingerprint density at radius 2 is 2.00 bits per heavy atom. The second kappa shape index (κ2) is 7.19. The first kappa shape index (κ1) is 17.2. The van der Waals surface area contributed by atoms with Crippen molar-refractivity contribution < 1.29 is 4.79 Å². The Morgan fingerprint density at radius 3 is 2.70 bits per heavy atom. The number of hydrogen-bond donors (Lipinski definition) is 1. The monoisotopic (exact) mass is 362 g/mol. The molecule has 0 bridgehead atoms. The normalized spacial score (nSPS) is 13.4. The average molecular weight is 362 g/mol. The summed E-state index contributed by atoms with van der Waals surface area (Å²) in [4.78, 5) is 19.0. The molecule has 7 nitrogen and oxygen atoms in total. The van der Waals surface area contributed by atoms with Gasteiger partial charge in [-0.1, -0.05) is 23.4 Å². The molecular formula is C20H22N6O. The van der Waals surface area contributed by atoms with E-state index in [0.29, 0.717) is 18.2 Å². The van der Waals surface area contributed by atoms with E-state index in [1.54, 1.807) is 10.9 Å². The third-order valence-electron chi connectivity index (χ3n) is 4.61. The SMILES string of the molecule is CN(C)c1cc(CNC(=O)c2nnn(-c3ccccc3)c2C2CC2)ccn1. The minimum atomic E-state index is -0.192. The Bertz CT molecular complexity index is 946. The fourth-order valence-corrected chi connectivity index (χ4v) is 3.02. The smallest absolute Gasteiger partial charge is 0.274 e. The molecule has 0 spiro atoms. The van der Waals surface area contributed by atoms with Crippen molar-refractivity contribution in [1.82, 2.24) is 25.3 Å². The van der Waals surface area contributed by atoms with E-state index in [9.17, 15) is 4.79 Å². The lowest BCUT2D eigenvalue weighted by molar-refractivity contribution is 0.0944. The van der Waals surface area contributed by atoms with Crippen molar-refractivity contribution in [1.29, 1.82) is 0 Å². The van der Waals surface area contributed by atoms with Gasteiger partial charge in [0.25, 0.3) is 5.91 Å². The molecule has 3 aromatic rings. The Morgan fingerprint density at radius 1 is 1.22 bits per heavy atom. The van der Waals surface area contributed by atoms with Gasteiger partial charge < -0.3 is 10.2 Å².